The van der Waals surface area contributed by atoms with Crippen molar-refractivity contribution in [2.24, 2.45) is 5.73 Å². The Morgan fingerprint density at radius 3 is 2.75 bits per heavy atom. The van der Waals surface area contributed by atoms with Crippen LogP contribution in [0.4, 0.5) is 13.2 Å². The molecule has 6 nitrogen and oxygen atoms in total. The molecule has 0 saturated carbocycles. The lowest BCUT2D eigenvalue weighted by Crippen LogP contribution is -2.32. The quantitative estimate of drug-likeness (QED) is 0.804. The third-order valence-corrected chi connectivity index (χ3v) is 2.51. The lowest BCUT2D eigenvalue weighted by Gasteiger charge is -2.03. The maximum Gasteiger partial charge on any atom is 0.320 e. The third kappa shape index (κ3) is 2.77. The van der Waals surface area contributed by atoms with E-state index in [9.17, 15) is 18.0 Å². The zero-order valence-electron chi connectivity index (χ0n) is 9.92. The smallest absolute Gasteiger partial charge is 0.320 e. The first-order chi connectivity index (χ1) is 9.38. The number of nitrogens with zero attached hydrogens (tertiary/aromatic N) is 3. The van der Waals surface area contributed by atoms with Gasteiger partial charge >= 0.3 is 5.97 Å². The zero-order valence-corrected chi connectivity index (χ0v) is 9.92. The van der Waals surface area contributed by atoms with Gasteiger partial charge in [0, 0.05) is 18.6 Å². The summed E-state index contributed by atoms with van der Waals surface area (Å²) in [5.74, 6) is -4.86. The lowest BCUT2D eigenvalue weighted by atomic mass is 10.2. The van der Waals surface area contributed by atoms with Gasteiger partial charge in [-0.1, -0.05) is 5.21 Å². The lowest BCUT2D eigenvalue weighted by molar-refractivity contribution is -0.138. The third-order valence-electron chi connectivity index (χ3n) is 2.51. The Hall–Kier alpha value is -2.42. The molecule has 0 aliphatic rings. The first-order valence-electron chi connectivity index (χ1n) is 5.43. The summed E-state index contributed by atoms with van der Waals surface area (Å²) < 4.78 is 40.5. The molecular formula is C11H9F3N4O2. The summed E-state index contributed by atoms with van der Waals surface area (Å²) in [4.78, 5) is 10.6. The molecule has 3 N–H and O–H groups in total. The maximum absolute atomic E-state index is 13.5. The predicted molar refractivity (Wildman–Crippen MR) is 60.5 cm³/mol. The molecule has 0 saturated heterocycles. The SMILES string of the molecule is NC(Cc1cn(-c2cc(F)cc(F)c2F)nn1)C(=O)O. The minimum Gasteiger partial charge on any atom is -0.480 e. The standard InChI is InChI=1S/C11H9F3N4O2/c12-5-1-7(13)10(14)9(2-5)18-4-6(16-17-18)3-8(15)11(19)20/h1-2,4,8H,3,15H2,(H,19,20). The number of rotatable bonds is 4. The molecular weight excluding hydrogens is 277 g/mol. The van der Waals surface area contributed by atoms with Crippen molar-refractivity contribution in [3.05, 3.63) is 41.5 Å². The van der Waals surface area contributed by atoms with Crippen LogP contribution in [0.1, 0.15) is 5.69 Å². The van der Waals surface area contributed by atoms with Crippen LogP contribution in [0.5, 0.6) is 0 Å². The van der Waals surface area contributed by atoms with Crippen molar-refractivity contribution in [2.45, 2.75) is 12.5 Å². The zero-order chi connectivity index (χ0) is 14.9. The Bertz CT molecular complexity index is 659. The van der Waals surface area contributed by atoms with Gasteiger partial charge in [-0.3, -0.25) is 4.79 Å². The number of nitrogens with two attached hydrogens (primary N) is 1. The molecule has 2 aromatic rings. The van der Waals surface area contributed by atoms with Crippen molar-refractivity contribution in [1.29, 1.82) is 0 Å². The van der Waals surface area contributed by atoms with Crippen LogP contribution in [0.3, 0.4) is 0 Å². The number of carbonyl (C=O) groups is 1. The average molecular weight is 286 g/mol. The Balaban J connectivity index is 2.32. The van der Waals surface area contributed by atoms with Gasteiger partial charge < -0.3 is 10.8 Å². The van der Waals surface area contributed by atoms with Crippen molar-refractivity contribution >= 4 is 5.97 Å². The number of benzene rings is 1. The van der Waals surface area contributed by atoms with E-state index >= 15 is 0 Å². The monoisotopic (exact) mass is 286 g/mol. The van der Waals surface area contributed by atoms with E-state index in [4.69, 9.17) is 10.8 Å². The van der Waals surface area contributed by atoms with Gasteiger partial charge in [0.15, 0.2) is 11.6 Å². The predicted octanol–water partition coefficient (Wildman–Crippen LogP) is 0.639. The van der Waals surface area contributed by atoms with Crippen LogP contribution in [0.25, 0.3) is 5.69 Å². The summed E-state index contributed by atoms with van der Waals surface area (Å²) in [5, 5.41) is 15.7. The highest BCUT2D eigenvalue weighted by molar-refractivity contribution is 5.73. The van der Waals surface area contributed by atoms with Crippen LogP contribution < -0.4 is 5.73 Å². The largest absolute Gasteiger partial charge is 0.480 e. The second kappa shape index (κ2) is 5.29. The highest BCUT2D eigenvalue weighted by atomic mass is 19.2. The van der Waals surface area contributed by atoms with Crippen LogP contribution in [-0.4, -0.2) is 32.1 Å². The summed E-state index contributed by atoms with van der Waals surface area (Å²) in [7, 11) is 0. The Labute approximate surface area is 110 Å². The van der Waals surface area contributed by atoms with Gasteiger partial charge in [-0.05, 0) is 0 Å². The first kappa shape index (κ1) is 14.0. The number of aromatic nitrogens is 3. The molecule has 9 heteroatoms. The van der Waals surface area contributed by atoms with Crippen LogP contribution in [0.2, 0.25) is 0 Å². The summed E-state index contributed by atoms with van der Waals surface area (Å²) >= 11 is 0. The van der Waals surface area contributed by atoms with E-state index in [-0.39, 0.29) is 12.1 Å². The first-order valence-corrected chi connectivity index (χ1v) is 5.43. The molecule has 0 amide bonds. The molecule has 106 valence electrons. The Morgan fingerprint density at radius 1 is 1.40 bits per heavy atom. The fourth-order valence-electron chi connectivity index (χ4n) is 1.53. The van der Waals surface area contributed by atoms with Crippen LogP contribution in [0, 0.1) is 17.5 Å². The number of aliphatic carboxylic acids is 1. The van der Waals surface area contributed by atoms with E-state index in [0.29, 0.717) is 6.07 Å². The summed E-state index contributed by atoms with van der Waals surface area (Å²) in [5.41, 5.74) is 4.99. The molecule has 0 fully saturated rings. The number of hydrogen-bond donors (Lipinski definition) is 2. The molecule has 0 bridgehead atoms. The van der Waals surface area contributed by atoms with E-state index in [1.165, 1.54) is 0 Å². The normalized spacial score (nSPS) is 12.4. The molecule has 0 spiro atoms. The van der Waals surface area contributed by atoms with Gasteiger partial charge in [0.2, 0.25) is 0 Å². The fourth-order valence-corrected chi connectivity index (χ4v) is 1.53. The minimum absolute atomic E-state index is 0.144. The topological polar surface area (TPSA) is 94.0 Å². The summed E-state index contributed by atoms with van der Waals surface area (Å²) in [6.45, 7) is 0. The Morgan fingerprint density at radius 2 is 2.10 bits per heavy atom. The van der Waals surface area contributed by atoms with Crippen molar-refractivity contribution in [3.63, 3.8) is 0 Å². The van der Waals surface area contributed by atoms with E-state index in [2.05, 4.69) is 10.3 Å². The highest BCUT2D eigenvalue weighted by Crippen LogP contribution is 2.18. The summed E-state index contributed by atoms with van der Waals surface area (Å²) in [6, 6.07) is -0.0559. The van der Waals surface area contributed by atoms with Gasteiger partial charge in [-0.15, -0.1) is 5.10 Å². The van der Waals surface area contributed by atoms with Gasteiger partial charge in [0.1, 0.15) is 17.5 Å². The van der Waals surface area contributed by atoms with Crippen LogP contribution >= 0.6 is 0 Å². The minimum atomic E-state index is -1.36. The molecule has 1 atom stereocenters. The van der Waals surface area contributed by atoms with Crippen LogP contribution in [0.15, 0.2) is 18.3 Å². The van der Waals surface area contributed by atoms with Crippen molar-refractivity contribution in [2.75, 3.05) is 0 Å². The van der Waals surface area contributed by atoms with Gasteiger partial charge in [0.25, 0.3) is 0 Å². The van der Waals surface area contributed by atoms with Crippen molar-refractivity contribution < 1.29 is 23.1 Å². The van der Waals surface area contributed by atoms with E-state index in [0.717, 1.165) is 16.9 Å². The molecule has 0 radical (unpaired) electrons. The number of halogens is 3. The van der Waals surface area contributed by atoms with Crippen LogP contribution in [-0.2, 0) is 11.2 Å². The number of hydrogen-bond acceptors (Lipinski definition) is 4. The molecule has 1 unspecified atom stereocenters. The van der Waals surface area contributed by atoms with Gasteiger partial charge in [-0.25, -0.2) is 17.9 Å². The second-order valence-electron chi connectivity index (χ2n) is 4.02. The molecule has 1 heterocycles. The fraction of sp³-hybridized carbons (Fsp3) is 0.182. The molecule has 0 aliphatic carbocycles. The van der Waals surface area contributed by atoms with E-state index < -0.39 is 35.2 Å². The Kier molecular flexibility index (Phi) is 3.70. The highest BCUT2D eigenvalue weighted by Gasteiger charge is 2.17. The van der Waals surface area contributed by atoms with Gasteiger partial charge in [-0.2, -0.15) is 0 Å². The average Bonchev–Trinajstić information content (AvgIpc) is 2.81. The van der Waals surface area contributed by atoms with Crippen molar-refractivity contribution in [1.82, 2.24) is 15.0 Å². The number of carboxylic acids is 1. The second-order valence-corrected chi connectivity index (χ2v) is 4.02. The van der Waals surface area contributed by atoms with E-state index in [1.54, 1.807) is 0 Å². The maximum atomic E-state index is 13.5. The molecule has 1 aromatic heterocycles. The van der Waals surface area contributed by atoms with Crippen molar-refractivity contribution in [3.8, 4) is 5.69 Å². The summed E-state index contributed by atoms with van der Waals surface area (Å²) in [6.07, 6.45) is 1.01. The van der Waals surface area contributed by atoms with E-state index in [1.807, 2.05) is 0 Å². The molecule has 20 heavy (non-hydrogen) atoms. The van der Waals surface area contributed by atoms with Gasteiger partial charge in [0.05, 0.1) is 11.9 Å². The molecule has 1 aromatic carbocycles. The number of carboxylic acid groups (broad SMARTS) is 1. The molecule has 0 aliphatic heterocycles. The molecule has 2 rings (SSSR count).